The number of carboxylic acid groups (broad SMARTS) is 2. The molecule has 0 aliphatic heterocycles. The molecule has 0 fully saturated rings. The summed E-state index contributed by atoms with van der Waals surface area (Å²) in [6.07, 6.45) is -9.66. The lowest BCUT2D eigenvalue weighted by Crippen LogP contribution is -2.49. The van der Waals surface area contributed by atoms with Crippen molar-refractivity contribution in [3.8, 4) is 0 Å². The molecule has 46 heavy (non-hydrogen) atoms. The minimum absolute atomic E-state index is 0.303. The van der Waals surface area contributed by atoms with Gasteiger partial charge >= 0.3 is 35.5 Å². The van der Waals surface area contributed by atoms with Gasteiger partial charge in [0, 0.05) is 14.2 Å². The standard InChI is InChI=1S/C22H25IN8O15/c1-8(17(35)25-23)44-12(32)6-11(21(40)41)46-13(33)4-9(45-14(34)5-10(43-3)20(38)39)18(36)27-28-19(37)15-16-26-29-30(2)22(42)31(16)7-24-15/h7-11H,4-6H2,1-3H3,(H,25,35)(H,27,36)(H,28,37)(H,38,39)(H,40,41). The molecule has 0 saturated heterocycles. The van der Waals surface area contributed by atoms with Crippen LogP contribution in [0.25, 0.3) is 5.65 Å². The highest BCUT2D eigenvalue weighted by Gasteiger charge is 2.33. The molecule has 3 amide bonds. The zero-order chi connectivity index (χ0) is 34.7. The summed E-state index contributed by atoms with van der Waals surface area (Å²) < 4.78 is 22.9. The molecule has 0 spiro atoms. The van der Waals surface area contributed by atoms with Crippen molar-refractivity contribution in [3.63, 3.8) is 0 Å². The molecule has 24 heteroatoms. The first kappa shape index (κ1) is 36.9. The number of carbonyl (C=O) groups excluding carboxylic acids is 6. The number of imidazole rings is 1. The highest BCUT2D eigenvalue weighted by Crippen LogP contribution is 2.11. The van der Waals surface area contributed by atoms with E-state index in [1.54, 1.807) is 0 Å². The van der Waals surface area contributed by atoms with Crippen molar-refractivity contribution in [3.05, 3.63) is 22.5 Å². The van der Waals surface area contributed by atoms with Crippen LogP contribution in [0.5, 0.6) is 0 Å². The van der Waals surface area contributed by atoms with Crippen LogP contribution < -0.4 is 20.1 Å². The molecule has 250 valence electrons. The predicted molar refractivity (Wildman–Crippen MR) is 149 cm³/mol. The average molecular weight is 768 g/mol. The van der Waals surface area contributed by atoms with Gasteiger partial charge in [-0.1, -0.05) is 5.21 Å². The van der Waals surface area contributed by atoms with Gasteiger partial charge in [-0.2, -0.15) is 4.68 Å². The molecule has 23 nitrogen and oxygen atoms in total. The molecule has 5 N–H and O–H groups in total. The maximum absolute atomic E-state index is 12.9. The monoisotopic (exact) mass is 768 g/mol. The fourth-order valence-corrected chi connectivity index (χ4v) is 3.62. The fraction of sp³-hybridized carbons (Fsp3) is 0.455. The van der Waals surface area contributed by atoms with Crippen molar-refractivity contribution >= 4 is 76.1 Å². The third-order valence-corrected chi connectivity index (χ3v) is 6.05. The molecule has 0 aliphatic carbocycles. The summed E-state index contributed by atoms with van der Waals surface area (Å²) >= 11 is 1.48. The number of carboxylic acids is 2. The number of aliphatic carboxylic acids is 2. The number of rotatable bonds is 15. The minimum Gasteiger partial charge on any atom is -0.479 e. The molecule has 0 bridgehead atoms. The van der Waals surface area contributed by atoms with Gasteiger partial charge in [-0.05, 0) is 6.92 Å². The van der Waals surface area contributed by atoms with Crippen LogP contribution in [0.3, 0.4) is 0 Å². The van der Waals surface area contributed by atoms with E-state index in [2.05, 4.69) is 23.6 Å². The number of hydrogen-bond donors (Lipinski definition) is 5. The highest BCUT2D eigenvalue weighted by molar-refractivity contribution is 14.1. The number of amides is 3. The van der Waals surface area contributed by atoms with Crippen molar-refractivity contribution in [2.24, 2.45) is 7.05 Å². The van der Waals surface area contributed by atoms with Crippen LogP contribution in [0.1, 0.15) is 36.7 Å². The van der Waals surface area contributed by atoms with Gasteiger partial charge in [-0.25, -0.2) is 23.8 Å². The van der Waals surface area contributed by atoms with E-state index in [-0.39, 0.29) is 5.65 Å². The van der Waals surface area contributed by atoms with E-state index < -0.39 is 103 Å². The molecule has 0 aliphatic rings. The minimum atomic E-state index is -2.18. The Balaban J connectivity index is 2.18. The molecule has 2 aromatic heterocycles. The summed E-state index contributed by atoms with van der Waals surface area (Å²) in [6.45, 7) is 1.19. The smallest absolute Gasteiger partial charge is 0.352 e. The second kappa shape index (κ2) is 16.7. The van der Waals surface area contributed by atoms with Gasteiger partial charge in [-0.3, -0.25) is 43.1 Å². The highest BCUT2D eigenvalue weighted by atomic mass is 127. The van der Waals surface area contributed by atoms with Gasteiger partial charge in [0.1, 0.15) is 6.33 Å². The van der Waals surface area contributed by atoms with E-state index in [0.717, 1.165) is 22.5 Å². The lowest BCUT2D eigenvalue weighted by atomic mass is 10.2. The molecule has 2 heterocycles. The molecule has 2 rings (SSSR count). The van der Waals surface area contributed by atoms with Crippen molar-refractivity contribution in [1.29, 1.82) is 0 Å². The van der Waals surface area contributed by atoms with E-state index >= 15 is 0 Å². The Hall–Kier alpha value is -5.27. The number of aromatic nitrogens is 5. The summed E-state index contributed by atoms with van der Waals surface area (Å²) in [6, 6.07) is 0. The number of ether oxygens (including phenoxy) is 4. The van der Waals surface area contributed by atoms with E-state index in [1.807, 2.05) is 10.9 Å². The SMILES string of the molecule is COC(CC(=O)OC(CC(=O)OC(CC(=O)OC(C)C(=O)NI)C(=O)O)C(=O)NNC(=O)c1ncn2c(=O)n(C)nnc12)C(=O)O. The molecule has 4 atom stereocenters. The van der Waals surface area contributed by atoms with Crippen molar-refractivity contribution in [2.45, 2.75) is 50.6 Å². The maximum atomic E-state index is 12.9. The zero-order valence-electron chi connectivity index (χ0n) is 23.8. The van der Waals surface area contributed by atoms with Crippen LogP contribution >= 0.6 is 22.9 Å². The summed E-state index contributed by atoms with van der Waals surface area (Å²) in [4.78, 5) is 113. The van der Waals surface area contributed by atoms with E-state index in [9.17, 15) is 48.3 Å². The van der Waals surface area contributed by atoms with Gasteiger partial charge in [0.05, 0.1) is 42.1 Å². The normalized spacial score (nSPS) is 13.3. The van der Waals surface area contributed by atoms with Crippen LogP contribution in [-0.2, 0) is 59.6 Å². The predicted octanol–water partition coefficient (Wildman–Crippen LogP) is -3.84. The zero-order valence-corrected chi connectivity index (χ0v) is 26.0. The third kappa shape index (κ3) is 10.1. The van der Waals surface area contributed by atoms with E-state index in [4.69, 9.17) is 19.3 Å². The number of hydrazine groups is 1. The van der Waals surface area contributed by atoms with Crippen LogP contribution in [0.15, 0.2) is 11.1 Å². The van der Waals surface area contributed by atoms with Crippen molar-refractivity contribution in [2.75, 3.05) is 7.11 Å². The Kier molecular flexibility index (Phi) is 13.4. The molecule has 2 aromatic rings. The van der Waals surface area contributed by atoms with Gasteiger partial charge in [0.2, 0.25) is 6.10 Å². The number of esters is 3. The summed E-state index contributed by atoms with van der Waals surface area (Å²) in [7, 11) is 2.25. The molecular formula is C22H25IN8O15. The Morgan fingerprint density at radius 3 is 1.98 bits per heavy atom. The number of hydrogen-bond acceptors (Lipinski definition) is 16. The maximum Gasteiger partial charge on any atom is 0.352 e. The lowest BCUT2D eigenvalue weighted by Gasteiger charge is -2.20. The third-order valence-electron chi connectivity index (χ3n) is 5.52. The first-order chi connectivity index (χ1) is 21.6. The molecule has 4 unspecified atom stereocenters. The molecule has 0 saturated carbocycles. The van der Waals surface area contributed by atoms with Crippen LogP contribution in [-0.4, -0.2) is 114 Å². The van der Waals surface area contributed by atoms with Gasteiger partial charge in [0.25, 0.3) is 17.7 Å². The van der Waals surface area contributed by atoms with Crippen molar-refractivity contribution < 1.29 is 67.5 Å². The Labute approximate surface area is 269 Å². The molecule has 0 radical (unpaired) electrons. The lowest BCUT2D eigenvalue weighted by molar-refractivity contribution is -0.174. The van der Waals surface area contributed by atoms with Gasteiger partial charge < -0.3 is 29.2 Å². The van der Waals surface area contributed by atoms with E-state index in [0.29, 0.717) is 0 Å². The Morgan fingerprint density at radius 2 is 1.41 bits per heavy atom. The largest absolute Gasteiger partial charge is 0.479 e. The number of aryl methyl sites for hydroxylation is 1. The summed E-state index contributed by atoms with van der Waals surface area (Å²) in [5, 5.41) is 25.6. The fourth-order valence-electron chi connectivity index (χ4n) is 3.18. The number of halogens is 1. The summed E-state index contributed by atoms with van der Waals surface area (Å²) in [5.74, 6) is -10.8. The van der Waals surface area contributed by atoms with Crippen LogP contribution in [0, 0.1) is 0 Å². The van der Waals surface area contributed by atoms with Crippen LogP contribution in [0.2, 0.25) is 0 Å². The van der Waals surface area contributed by atoms with Gasteiger partial charge in [0.15, 0.2) is 29.7 Å². The number of nitrogens with one attached hydrogen (secondary N) is 3. The van der Waals surface area contributed by atoms with Crippen molar-refractivity contribution in [1.82, 2.24) is 38.8 Å². The van der Waals surface area contributed by atoms with E-state index in [1.165, 1.54) is 36.8 Å². The number of nitrogens with zero attached hydrogens (tertiary/aromatic N) is 5. The Bertz CT molecular complexity index is 1590. The summed E-state index contributed by atoms with van der Waals surface area (Å²) in [5.41, 5.74) is 2.21. The molecule has 0 aromatic carbocycles. The molecular weight excluding hydrogens is 743 g/mol. The van der Waals surface area contributed by atoms with Crippen LogP contribution in [0.4, 0.5) is 0 Å². The quantitative estimate of drug-likeness (QED) is 0.0381. The Morgan fingerprint density at radius 1 is 0.870 bits per heavy atom. The number of methoxy groups -OCH3 is 1. The number of carbonyl (C=O) groups is 8. The second-order valence-electron chi connectivity index (χ2n) is 8.79. The first-order valence-electron chi connectivity index (χ1n) is 12.4. The first-order valence-corrected chi connectivity index (χ1v) is 13.5. The number of fused-ring (bicyclic) bond motifs is 1. The second-order valence-corrected chi connectivity index (χ2v) is 9.33. The average Bonchev–Trinajstić information content (AvgIpc) is 3.43. The van der Waals surface area contributed by atoms with Gasteiger partial charge in [-0.15, -0.1) is 5.10 Å². The topological polar surface area (TPSA) is 315 Å².